The number of ether oxygens (including phenoxy) is 1. The van der Waals surface area contributed by atoms with E-state index in [2.05, 4.69) is 6.92 Å². The quantitative estimate of drug-likeness (QED) is 0.159. The molecule has 1 N–H and O–H groups in total. The van der Waals surface area contributed by atoms with E-state index in [0.29, 0.717) is 6.42 Å². The third-order valence-corrected chi connectivity index (χ3v) is 5.48. The lowest BCUT2D eigenvalue weighted by Gasteiger charge is -2.23. The van der Waals surface area contributed by atoms with Gasteiger partial charge in [0.15, 0.2) is 0 Å². The lowest BCUT2D eigenvalue weighted by molar-refractivity contribution is -0.161. The number of hydrogen-bond acceptors (Lipinski definition) is 4. The van der Waals surface area contributed by atoms with Crippen LogP contribution < -0.4 is 0 Å². The zero-order valence-electron chi connectivity index (χ0n) is 20.7. The van der Waals surface area contributed by atoms with Crippen LogP contribution in [0.1, 0.15) is 137 Å². The highest BCUT2D eigenvalue weighted by atomic mass is 16.6. The molecule has 0 spiro atoms. The number of unbranched alkanes of at least 4 members (excludes halogenated alkanes) is 12. The van der Waals surface area contributed by atoms with E-state index < -0.39 is 23.5 Å². The topological polar surface area (TPSA) is 80.7 Å². The number of rotatable bonds is 20. The molecule has 182 valence electrons. The van der Waals surface area contributed by atoms with Crippen LogP contribution in [0.2, 0.25) is 0 Å². The smallest absolute Gasteiger partial charge is 0.309 e. The van der Waals surface area contributed by atoms with Gasteiger partial charge in [-0.1, -0.05) is 84.0 Å². The van der Waals surface area contributed by atoms with Crippen LogP contribution in [-0.4, -0.2) is 28.4 Å². The van der Waals surface area contributed by atoms with Gasteiger partial charge in [-0.2, -0.15) is 0 Å². The molecule has 0 radical (unpaired) electrons. The summed E-state index contributed by atoms with van der Waals surface area (Å²) < 4.78 is 5.37. The highest BCUT2D eigenvalue weighted by Gasteiger charge is 2.27. The Labute approximate surface area is 190 Å². The Bertz CT molecular complexity index is 493. The van der Waals surface area contributed by atoms with E-state index in [1.165, 1.54) is 64.2 Å². The zero-order valence-corrected chi connectivity index (χ0v) is 20.7. The molecule has 0 aliphatic carbocycles. The Morgan fingerprint density at radius 1 is 0.742 bits per heavy atom. The van der Waals surface area contributed by atoms with Crippen LogP contribution in [0.3, 0.4) is 0 Å². The van der Waals surface area contributed by atoms with Crippen LogP contribution in [-0.2, 0) is 19.1 Å². The number of hydrogen-bond donors (Lipinski definition) is 1. The van der Waals surface area contributed by atoms with Crippen molar-refractivity contribution in [3.05, 3.63) is 0 Å². The van der Waals surface area contributed by atoms with Crippen molar-refractivity contribution >= 4 is 17.7 Å². The predicted molar refractivity (Wildman–Crippen MR) is 126 cm³/mol. The molecule has 5 heteroatoms. The molecule has 5 nitrogen and oxygen atoms in total. The summed E-state index contributed by atoms with van der Waals surface area (Å²) in [6.07, 6.45) is 16.9. The number of carboxylic acid groups (broad SMARTS) is 1. The molecule has 0 saturated carbocycles. The molecule has 0 rings (SSSR count). The minimum absolute atomic E-state index is 0.0318. The first kappa shape index (κ1) is 29.6. The number of ketones is 1. The van der Waals surface area contributed by atoms with Gasteiger partial charge in [0.1, 0.15) is 11.4 Å². The van der Waals surface area contributed by atoms with Crippen molar-refractivity contribution in [2.75, 3.05) is 0 Å². The van der Waals surface area contributed by atoms with E-state index in [9.17, 15) is 14.4 Å². The molecule has 0 aliphatic rings. The van der Waals surface area contributed by atoms with Gasteiger partial charge in [-0.15, -0.1) is 0 Å². The number of carbonyl (C=O) groups is 3. The van der Waals surface area contributed by atoms with Crippen LogP contribution in [0.4, 0.5) is 0 Å². The molecule has 1 atom stereocenters. The summed E-state index contributed by atoms with van der Waals surface area (Å²) in [4.78, 5) is 35.5. The van der Waals surface area contributed by atoms with Crippen molar-refractivity contribution in [2.24, 2.45) is 5.92 Å². The van der Waals surface area contributed by atoms with E-state index in [4.69, 9.17) is 9.84 Å². The van der Waals surface area contributed by atoms with Gasteiger partial charge in [-0.05, 0) is 33.6 Å². The van der Waals surface area contributed by atoms with E-state index >= 15 is 0 Å². The molecule has 0 amide bonds. The Balaban J connectivity index is 3.89. The summed E-state index contributed by atoms with van der Waals surface area (Å²) in [6, 6.07) is 0. The number of carbonyl (C=O) groups excluding carboxylic acids is 2. The second-order valence-corrected chi connectivity index (χ2v) is 9.90. The van der Waals surface area contributed by atoms with Crippen molar-refractivity contribution in [3.8, 4) is 0 Å². The lowest BCUT2D eigenvalue weighted by Crippen LogP contribution is -2.30. The normalized spacial score (nSPS) is 12.5. The molecule has 0 fully saturated rings. The zero-order chi connectivity index (χ0) is 23.5. The summed E-state index contributed by atoms with van der Waals surface area (Å²) in [6.45, 7) is 7.57. The van der Waals surface area contributed by atoms with Crippen LogP contribution >= 0.6 is 0 Å². The maximum atomic E-state index is 12.3. The van der Waals surface area contributed by atoms with Gasteiger partial charge in [-0.25, -0.2) is 0 Å². The summed E-state index contributed by atoms with van der Waals surface area (Å²) in [5, 5.41) is 8.91. The SMILES string of the molecule is CCCCCCCCCCCCCCCC(=O)C[C@@H](CCC(=O)O)C(=O)OC(C)(C)C. The minimum Gasteiger partial charge on any atom is -0.481 e. The fourth-order valence-electron chi connectivity index (χ4n) is 3.70. The maximum absolute atomic E-state index is 12.3. The van der Waals surface area contributed by atoms with Gasteiger partial charge >= 0.3 is 11.9 Å². The van der Waals surface area contributed by atoms with Crippen molar-refractivity contribution < 1.29 is 24.2 Å². The molecule has 0 saturated heterocycles. The fourth-order valence-corrected chi connectivity index (χ4v) is 3.70. The predicted octanol–water partition coefficient (Wildman–Crippen LogP) is 7.25. The van der Waals surface area contributed by atoms with Crippen LogP contribution in [0.5, 0.6) is 0 Å². The van der Waals surface area contributed by atoms with Crippen molar-refractivity contribution in [1.29, 1.82) is 0 Å². The van der Waals surface area contributed by atoms with Gasteiger partial charge in [0.25, 0.3) is 0 Å². The Morgan fingerprint density at radius 3 is 1.61 bits per heavy atom. The van der Waals surface area contributed by atoms with Crippen LogP contribution in [0.15, 0.2) is 0 Å². The standard InChI is InChI=1S/C26H48O5/c1-5-6-7-8-9-10-11-12-13-14-15-16-17-18-23(27)21-22(19-20-24(28)29)25(30)31-26(2,3)4/h22H,5-21H2,1-4H3,(H,28,29)/t22-/m1/s1. The first-order valence-corrected chi connectivity index (χ1v) is 12.6. The van der Waals surface area contributed by atoms with Crippen LogP contribution in [0, 0.1) is 5.92 Å². The summed E-state index contributed by atoms with van der Waals surface area (Å²) in [5.74, 6) is -2.06. The van der Waals surface area contributed by atoms with E-state index in [0.717, 1.165) is 19.3 Å². The number of aliphatic carboxylic acids is 1. The third-order valence-electron chi connectivity index (χ3n) is 5.48. The summed E-state index contributed by atoms with van der Waals surface area (Å²) in [5.41, 5.74) is -0.642. The second-order valence-electron chi connectivity index (χ2n) is 9.90. The Morgan fingerprint density at radius 2 is 1.19 bits per heavy atom. The van der Waals surface area contributed by atoms with Crippen molar-refractivity contribution in [3.63, 3.8) is 0 Å². The van der Waals surface area contributed by atoms with Gasteiger partial charge in [0, 0.05) is 19.3 Å². The second kappa shape index (κ2) is 18.2. The Hall–Kier alpha value is -1.39. The molecule has 0 aliphatic heterocycles. The number of Topliss-reactive ketones (excluding diaryl/α,β-unsaturated/α-hetero) is 1. The monoisotopic (exact) mass is 440 g/mol. The Kier molecular flexibility index (Phi) is 17.4. The molecular formula is C26H48O5. The largest absolute Gasteiger partial charge is 0.481 e. The van der Waals surface area contributed by atoms with Crippen molar-refractivity contribution in [2.45, 2.75) is 142 Å². The number of carboxylic acids is 1. The van der Waals surface area contributed by atoms with Crippen molar-refractivity contribution in [1.82, 2.24) is 0 Å². The molecule has 0 aromatic heterocycles. The third kappa shape index (κ3) is 20.3. The van der Waals surface area contributed by atoms with Gasteiger partial charge in [0.05, 0.1) is 5.92 Å². The molecule has 0 aromatic rings. The number of esters is 1. The van der Waals surface area contributed by atoms with Gasteiger partial charge < -0.3 is 9.84 Å². The average molecular weight is 441 g/mol. The fraction of sp³-hybridized carbons (Fsp3) is 0.885. The average Bonchev–Trinajstić information content (AvgIpc) is 2.67. The highest BCUT2D eigenvalue weighted by Crippen LogP contribution is 2.20. The maximum Gasteiger partial charge on any atom is 0.309 e. The summed E-state index contributed by atoms with van der Waals surface area (Å²) in [7, 11) is 0. The van der Waals surface area contributed by atoms with Gasteiger partial charge in [-0.3, -0.25) is 14.4 Å². The van der Waals surface area contributed by atoms with E-state index in [-0.39, 0.29) is 25.0 Å². The molecule has 0 bridgehead atoms. The minimum atomic E-state index is -0.961. The van der Waals surface area contributed by atoms with E-state index in [1.807, 2.05) is 0 Å². The molecule has 0 unspecified atom stereocenters. The molecule has 31 heavy (non-hydrogen) atoms. The first-order chi connectivity index (χ1) is 14.7. The lowest BCUT2D eigenvalue weighted by atomic mass is 9.94. The van der Waals surface area contributed by atoms with Gasteiger partial charge in [0.2, 0.25) is 0 Å². The van der Waals surface area contributed by atoms with Crippen LogP contribution in [0.25, 0.3) is 0 Å². The molecule has 0 heterocycles. The highest BCUT2D eigenvalue weighted by molar-refractivity contribution is 5.84. The summed E-state index contributed by atoms with van der Waals surface area (Å²) >= 11 is 0. The molecular weight excluding hydrogens is 392 g/mol. The first-order valence-electron chi connectivity index (χ1n) is 12.6. The van der Waals surface area contributed by atoms with E-state index in [1.54, 1.807) is 20.8 Å². The molecule has 0 aromatic carbocycles.